The van der Waals surface area contributed by atoms with Crippen molar-refractivity contribution >= 4 is 5.82 Å². The van der Waals surface area contributed by atoms with E-state index in [1.807, 2.05) is 12.1 Å². The van der Waals surface area contributed by atoms with Gasteiger partial charge >= 0.3 is 6.01 Å². The number of rotatable bonds is 5. The minimum atomic E-state index is 0.429. The Hall–Kier alpha value is -2.28. The fourth-order valence-corrected chi connectivity index (χ4v) is 2.61. The topological polar surface area (TPSA) is 76.1 Å². The van der Waals surface area contributed by atoms with E-state index < -0.39 is 0 Å². The molecule has 0 radical (unpaired) electrons. The summed E-state index contributed by atoms with van der Waals surface area (Å²) in [6.45, 7) is 2.91. The highest BCUT2D eigenvalue weighted by atomic mass is 16.5. The van der Waals surface area contributed by atoms with Crippen molar-refractivity contribution < 1.29 is 4.74 Å². The van der Waals surface area contributed by atoms with E-state index in [2.05, 4.69) is 30.2 Å². The van der Waals surface area contributed by atoms with Gasteiger partial charge in [0, 0.05) is 38.1 Å². The minimum absolute atomic E-state index is 0.429. The number of ether oxygens (including phenoxy) is 1. The van der Waals surface area contributed by atoms with E-state index in [1.54, 1.807) is 25.8 Å². The van der Waals surface area contributed by atoms with Crippen LogP contribution in [-0.2, 0) is 6.54 Å². The van der Waals surface area contributed by atoms with Gasteiger partial charge in [0.25, 0.3) is 0 Å². The van der Waals surface area contributed by atoms with Crippen molar-refractivity contribution in [2.75, 3.05) is 25.5 Å². The lowest BCUT2D eigenvalue weighted by Gasteiger charge is -2.32. The van der Waals surface area contributed by atoms with Gasteiger partial charge in [-0.05, 0) is 25.0 Å². The molecular weight excluding hydrogens is 280 g/mol. The van der Waals surface area contributed by atoms with Gasteiger partial charge < -0.3 is 10.1 Å². The number of aromatic nitrogens is 4. The average Bonchev–Trinajstić information content (AvgIpc) is 2.58. The highest BCUT2D eigenvalue weighted by Gasteiger charge is 2.19. The predicted molar refractivity (Wildman–Crippen MR) is 82.5 cm³/mol. The summed E-state index contributed by atoms with van der Waals surface area (Å²) in [7, 11) is 1.59. The monoisotopic (exact) mass is 300 g/mol. The molecule has 1 N–H and O–H groups in total. The third-order valence-electron chi connectivity index (χ3n) is 3.78. The van der Waals surface area contributed by atoms with Gasteiger partial charge in [0.05, 0.1) is 12.8 Å². The summed E-state index contributed by atoms with van der Waals surface area (Å²) in [6.07, 6.45) is 7.25. The van der Waals surface area contributed by atoms with E-state index in [-0.39, 0.29) is 0 Å². The van der Waals surface area contributed by atoms with Crippen molar-refractivity contribution in [3.05, 3.63) is 36.5 Å². The Morgan fingerprint density at radius 1 is 1.23 bits per heavy atom. The van der Waals surface area contributed by atoms with Crippen LogP contribution in [-0.4, -0.2) is 51.1 Å². The fraction of sp³-hybridized carbons (Fsp3) is 0.467. The van der Waals surface area contributed by atoms with Gasteiger partial charge in [-0.3, -0.25) is 4.90 Å². The van der Waals surface area contributed by atoms with E-state index in [4.69, 9.17) is 4.74 Å². The molecule has 3 rings (SSSR count). The molecule has 0 unspecified atom stereocenters. The Labute approximate surface area is 129 Å². The number of likely N-dealkylation sites (tertiary alicyclic amines) is 1. The van der Waals surface area contributed by atoms with E-state index in [9.17, 15) is 0 Å². The molecule has 0 spiro atoms. The van der Waals surface area contributed by atoms with Crippen LogP contribution in [0, 0.1) is 0 Å². The van der Waals surface area contributed by atoms with Crippen LogP contribution >= 0.6 is 0 Å². The van der Waals surface area contributed by atoms with Gasteiger partial charge in [0.2, 0.25) is 0 Å². The van der Waals surface area contributed by atoms with E-state index >= 15 is 0 Å². The molecule has 7 heteroatoms. The van der Waals surface area contributed by atoms with Gasteiger partial charge in [-0.1, -0.05) is 0 Å². The van der Waals surface area contributed by atoms with Crippen LogP contribution in [0.3, 0.4) is 0 Å². The molecule has 0 amide bonds. The van der Waals surface area contributed by atoms with Crippen LogP contribution in [0.25, 0.3) is 0 Å². The summed E-state index contributed by atoms with van der Waals surface area (Å²) in [6, 6.07) is 4.73. The predicted octanol–water partition coefficient (Wildman–Crippen LogP) is 1.35. The quantitative estimate of drug-likeness (QED) is 0.893. The second-order valence-corrected chi connectivity index (χ2v) is 5.32. The van der Waals surface area contributed by atoms with Crippen molar-refractivity contribution in [1.82, 2.24) is 24.8 Å². The van der Waals surface area contributed by atoms with Gasteiger partial charge in [-0.25, -0.2) is 15.0 Å². The van der Waals surface area contributed by atoms with Crippen molar-refractivity contribution in [3.63, 3.8) is 0 Å². The zero-order valence-electron chi connectivity index (χ0n) is 12.6. The number of nitrogens with zero attached hydrogens (tertiary/aromatic N) is 5. The first kappa shape index (κ1) is 14.6. The lowest BCUT2D eigenvalue weighted by Crippen LogP contribution is -2.39. The molecule has 0 bridgehead atoms. The standard InChI is InChI=1S/C15H20N6O/c1-22-15-17-7-2-13(20-15)10-21-8-4-12(5-9-21)19-14-3-6-16-11-18-14/h2-3,6-7,11-12H,4-5,8-10H2,1H3,(H,16,18,19). The van der Waals surface area contributed by atoms with Gasteiger partial charge in [-0.15, -0.1) is 0 Å². The maximum atomic E-state index is 5.06. The summed E-state index contributed by atoms with van der Waals surface area (Å²) < 4.78 is 5.06. The lowest BCUT2D eigenvalue weighted by molar-refractivity contribution is 0.208. The summed E-state index contributed by atoms with van der Waals surface area (Å²) >= 11 is 0. The van der Waals surface area contributed by atoms with Gasteiger partial charge in [-0.2, -0.15) is 4.98 Å². The molecule has 22 heavy (non-hydrogen) atoms. The molecule has 0 aliphatic carbocycles. The maximum absolute atomic E-state index is 5.06. The zero-order valence-corrected chi connectivity index (χ0v) is 12.6. The Morgan fingerprint density at radius 3 is 2.82 bits per heavy atom. The number of piperidine rings is 1. The second kappa shape index (κ2) is 7.13. The smallest absolute Gasteiger partial charge is 0.316 e. The third kappa shape index (κ3) is 3.88. The van der Waals surface area contributed by atoms with Crippen LogP contribution in [0.5, 0.6) is 6.01 Å². The Balaban J connectivity index is 1.49. The van der Waals surface area contributed by atoms with Crippen LogP contribution < -0.4 is 10.1 Å². The first-order valence-electron chi connectivity index (χ1n) is 7.44. The molecule has 1 aliphatic heterocycles. The first-order valence-corrected chi connectivity index (χ1v) is 7.44. The highest BCUT2D eigenvalue weighted by molar-refractivity contribution is 5.33. The lowest BCUT2D eigenvalue weighted by atomic mass is 10.0. The molecule has 1 fully saturated rings. The van der Waals surface area contributed by atoms with Crippen LogP contribution in [0.15, 0.2) is 30.9 Å². The second-order valence-electron chi connectivity index (χ2n) is 5.32. The number of nitrogens with one attached hydrogen (secondary N) is 1. The number of hydrogen-bond donors (Lipinski definition) is 1. The van der Waals surface area contributed by atoms with Crippen LogP contribution in [0.4, 0.5) is 5.82 Å². The Kier molecular flexibility index (Phi) is 4.75. The molecule has 1 saturated heterocycles. The van der Waals surface area contributed by atoms with Crippen LogP contribution in [0.1, 0.15) is 18.5 Å². The van der Waals surface area contributed by atoms with Crippen molar-refractivity contribution in [2.24, 2.45) is 0 Å². The Morgan fingerprint density at radius 2 is 2.09 bits per heavy atom. The van der Waals surface area contributed by atoms with E-state index in [0.29, 0.717) is 12.1 Å². The number of hydrogen-bond acceptors (Lipinski definition) is 7. The fourth-order valence-electron chi connectivity index (χ4n) is 2.61. The largest absolute Gasteiger partial charge is 0.467 e. The maximum Gasteiger partial charge on any atom is 0.316 e. The minimum Gasteiger partial charge on any atom is -0.467 e. The van der Waals surface area contributed by atoms with Crippen molar-refractivity contribution in [3.8, 4) is 6.01 Å². The van der Waals surface area contributed by atoms with E-state index in [1.165, 1.54) is 0 Å². The molecule has 0 aromatic carbocycles. The van der Waals surface area contributed by atoms with Crippen molar-refractivity contribution in [1.29, 1.82) is 0 Å². The molecule has 2 aromatic heterocycles. The summed E-state index contributed by atoms with van der Waals surface area (Å²) in [4.78, 5) is 18.9. The molecular formula is C15H20N6O. The molecule has 0 saturated carbocycles. The van der Waals surface area contributed by atoms with Crippen molar-refractivity contribution in [2.45, 2.75) is 25.4 Å². The number of anilines is 1. The Bertz CT molecular complexity index is 586. The first-order chi connectivity index (χ1) is 10.8. The molecule has 0 atom stereocenters. The highest BCUT2D eigenvalue weighted by Crippen LogP contribution is 2.16. The summed E-state index contributed by atoms with van der Waals surface area (Å²) in [5.74, 6) is 0.897. The normalized spacial score (nSPS) is 16.4. The SMILES string of the molecule is COc1nccc(CN2CCC(Nc3ccncn3)CC2)n1. The molecule has 1 aliphatic rings. The summed E-state index contributed by atoms with van der Waals surface area (Å²) in [5.41, 5.74) is 0.994. The molecule has 7 nitrogen and oxygen atoms in total. The number of methoxy groups -OCH3 is 1. The van der Waals surface area contributed by atoms with Crippen LogP contribution in [0.2, 0.25) is 0 Å². The van der Waals surface area contributed by atoms with E-state index in [0.717, 1.165) is 44.0 Å². The molecule has 3 heterocycles. The zero-order chi connectivity index (χ0) is 15.2. The molecule has 116 valence electrons. The van der Waals surface area contributed by atoms with Gasteiger partial charge in [0.1, 0.15) is 12.1 Å². The van der Waals surface area contributed by atoms with Gasteiger partial charge in [0.15, 0.2) is 0 Å². The average molecular weight is 300 g/mol. The third-order valence-corrected chi connectivity index (χ3v) is 3.78. The summed E-state index contributed by atoms with van der Waals surface area (Å²) in [5, 5.41) is 3.46. The molecule has 2 aromatic rings.